The number of halogens is 1. The molecule has 0 aliphatic rings. The van der Waals surface area contributed by atoms with E-state index in [-0.39, 0.29) is 5.95 Å². The van der Waals surface area contributed by atoms with Crippen LogP contribution in [0, 0.1) is 0 Å². The second kappa shape index (κ2) is 4.71. The van der Waals surface area contributed by atoms with Crippen molar-refractivity contribution in [1.82, 2.24) is 9.97 Å². The molecular weight excluding hydrogens is 288 g/mol. The van der Waals surface area contributed by atoms with Gasteiger partial charge in [0.25, 0.3) is 0 Å². The number of hydrogen-bond acceptors (Lipinski definition) is 5. The van der Waals surface area contributed by atoms with Gasteiger partial charge in [0.2, 0.25) is 5.95 Å². The number of rotatable bonds is 2. The predicted molar refractivity (Wildman–Crippen MR) is 69.1 cm³/mol. The maximum absolute atomic E-state index is 5.59. The van der Waals surface area contributed by atoms with Gasteiger partial charge >= 0.3 is 0 Å². The number of anilines is 2. The molecule has 0 aliphatic carbocycles. The van der Waals surface area contributed by atoms with Crippen molar-refractivity contribution in [1.29, 1.82) is 0 Å². The van der Waals surface area contributed by atoms with Gasteiger partial charge < -0.3 is 11.5 Å². The molecule has 82 valence electrons. The Morgan fingerprint density at radius 3 is 2.38 bits per heavy atom. The predicted octanol–water partition coefficient (Wildman–Crippen LogP) is 2.55. The van der Waals surface area contributed by atoms with Crippen molar-refractivity contribution in [2.45, 2.75) is 9.92 Å². The van der Waals surface area contributed by atoms with E-state index in [2.05, 4.69) is 25.9 Å². The third kappa shape index (κ3) is 2.86. The summed E-state index contributed by atoms with van der Waals surface area (Å²) in [5.41, 5.74) is 11.1. The van der Waals surface area contributed by atoms with Crippen LogP contribution in [0.1, 0.15) is 0 Å². The van der Waals surface area contributed by atoms with Gasteiger partial charge in [0.15, 0.2) is 0 Å². The summed E-state index contributed by atoms with van der Waals surface area (Å²) in [7, 11) is 0. The molecular formula is C10H9BrN4S. The van der Waals surface area contributed by atoms with Crippen molar-refractivity contribution in [3.8, 4) is 0 Å². The topological polar surface area (TPSA) is 77.8 Å². The first-order valence-electron chi connectivity index (χ1n) is 4.47. The van der Waals surface area contributed by atoms with Crippen LogP contribution < -0.4 is 11.5 Å². The highest BCUT2D eigenvalue weighted by Crippen LogP contribution is 2.28. The number of nitrogens with two attached hydrogens (primary N) is 2. The van der Waals surface area contributed by atoms with Gasteiger partial charge in [-0.05, 0) is 24.3 Å². The van der Waals surface area contributed by atoms with Crippen LogP contribution >= 0.6 is 27.7 Å². The van der Waals surface area contributed by atoms with Crippen molar-refractivity contribution in [2.75, 3.05) is 11.5 Å². The molecule has 4 N–H and O–H groups in total. The Balaban J connectivity index is 2.23. The average Bonchev–Trinajstić information content (AvgIpc) is 2.20. The molecule has 2 rings (SSSR count). The molecule has 0 aliphatic heterocycles. The number of aromatic nitrogens is 2. The van der Waals surface area contributed by atoms with Gasteiger partial charge in [0.05, 0.1) is 0 Å². The van der Waals surface area contributed by atoms with Crippen molar-refractivity contribution >= 4 is 39.5 Å². The van der Waals surface area contributed by atoms with Crippen LogP contribution in [-0.2, 0) is 0 Å². The van der Waals surface area contributed by atoms with Gasteiger partial charge in [-0.3, -0.25) is 0 Å². The third-order valence-electron chi connectivity index (χ3n) is 1.78. The smallest absolute Gasteiger partial charge is 0.223 e. The van der Waals surface area contributed by atoms with E-state index in [1.807, 2.05) is 24.3 Å². The molecule has 6 heteroatoms. The quantitative estimate of drug-likeness (QED) is 0.833. The second-order valence-corrected chi connectivity index (χ2v) is 5.05. The summed E-state index contributed by atoms with van der Waals surface area (Å²) in [5.74, 6) is 0.576. The lowest BCUT2D eigenvalue weighted by Gasteiger charge is -2.02. The Morgan fingerprint density at radius 2 is 1.75 bits per heavy atom. The SMILES string of the molecule is Nc1cc(Sc2ccc(Br)cc2)nc(N)n1. The molecule has 0 spiro atoms. The minimum atomic E-state index is 0.194. The molecule has 4 nitrogen and oxygen atoms in total. The molecule has 2 aromatic rings. The minimum Gasteiger partial charge on any atom is -0.383 e. The van der Waals surface area contributed by atoms with E-state index in [1.54, 1.807) is 6.07 Å². The lowest BCUT2D eigenvalue weighted by molar-refractivity contribution is 1.07. The third-order valence-corrected chi connectivity index (χ3v) is 3.23. The summed E-state index contributed by atoms with van der Waals surface area (Å²) in [6, 6.07) is 9.61. The van der Waals surface area contributed by atoms with Crippen molar-refractivity contribution in [2.24, 2.45) is 0 Å². The standard InChI is InChI=1S/C10H9BrN4S/c11-6-1-3-7(4-2-6)16-9-5-8(12)14-10(13)15-9/h1-5H,(H4,12,13,14,15). The zero-order valence-corrected chi connectivity index (χ0v) is 10.6. The zero-order valence-electron chi connectivity index (χ0n) is 8.22. The molecule has 0 saturated carbocycles. The first kappa shape index (κ1) is 11.2. The molecule has 1 aromatic carbocycles. The van der Waals surface area contributed by atoms with Gasteiger partial charge in [0, 0.05) is 15.4 Å². The summed E-state index contributed by atoms with van der Waals surface area (Å²) >= 11 is 4.87. The van der Waals surface area contributed by atoms with Gasteiger partial charge in [-0.2, -0.15) is 4.98 Å². The van der Waals surface area contributed by atoms with Gasteiger partial charge in [-0.25, -0.2) is 4.98 Å². The summed E-state index contributed by atoms with van der Waals surface area (Å²) in [4.78, 5) is 8.97. The van der Waals surface area contributed by atoms with Crippen LogP contribution in [0.5, 0.6) is 0 Å². The molecule has 1 aromatic heterocycles. The van der Waals surface area contributed by atoms with Crippen LogP contribution in [0.15, 0.2) is 44.7 Å². The van der Waals surface area contributed by atoms with Crippen LogP contribution in [0.2, 0.25) is 0 Å². The highest BCUT2D eigenvalue weighted by molar-refractivity contribution is 9.10. The number of nitrogen functional groups attached to an aromatic ring is 2. The Kier molecular flexibility index (Phi) is 3.31. The second-order valence-electron chi connectivity index (χ2n) is 3.05. The molecule has 0 bridgehead atoms. The fourth-order valence-electron chi connectivity index (χ4n) is 1.14. The van der Waals surface area contributed by atoms with Gasteiger partial charge in [-0.15, -0.1) is 0 Å². The lowest BCUT2D eigenvalue weighted by Crippen LogP contribution is -1.99. The summed E-state index contributed by atoms with van der Waals surface area (Å²) in [5, 5.41) is 0.743. The maximum atomic E-state index is 5.59. The molecule has 0 saturated heterocycles. The highest BCUT2D eigenvalue weighted by atomic mass is 79.9. The van der Waals surface area contributed by atoms with E-state index < -0.39 is 0 Å². The molecule has 0 radical (unpaired) electrons. The number of benzene rings is 1. The molecule has 1 heterocycles. The number of hydrogen-bond donors (Lipinski definition) is 2. The van der Waals surface area contributed by atoms with Gasteiger partial charge in [0.1, 0.15) is 10.8 Å². The lowest BCUT2D eigenvalue weighted by atomic mass is 10.4. The highest BCUT2D eigenvalue weighted by Gasteiger charge is 2.02. The first-order valence-corrected chi connectivity index (χ1v) is 6.08. The fraction of sp³-hybridized carbons (Fsp3) is 0. The Hall–Kier alpha value is -1.27. The number of nitrogens with zero attached hydrogens (tertiary/aromatic N) is 2. The van der Waals surface area contributed by atoms with E-state index in [4.69, 9.17) is 11.5 Å². The Morgan fingerprint density at radius 1 is 1.06 bits per heavy atom. The van der Waals surface area contributed by atoms with Crippen LogP contribution in [0.4, 0.5) is 11.8 Å². The van der Waals surface area contributed by atoms with Crippen LogP contribution in [-0.4, -0.2) is 9.97 Å². The summed E-state index contributed by atoms with van der Waals surface area (Å²) in [6.07, 6.45) is 0. The molecule has 0 amide bonds. The zero-order chi connectivity index (χ0) is 11.5. The van der Waals surface area contributed by atoms with E-state index in [0.29, 0.717) is 5.82 Å². The molecule has 16 heavy (non-hydrogen) atoms. The first-order chi connectivity index (χ1) is 7.63. The van der Waals surface area contributed by atoms with Crippen molar-refractivity contribution in [3.63, 3.8) is 0 Å². The largest absolute Gasteiger partial charge is 0.383 e. The van der Waals surface area contributed by atoms with Crippen LogP contribution in [0.3, 0.4) is 0 Å². The Bertz CT molecular complexity index is 480. The Labute approximate surface area is 106 Å². The van der Waals surface area contributed by atoms with E-state index in [0.717, 1.165) is 14.4 Å². The average molecular weight is 297 g/mol. The summed E-state index contributed by atoms with van der Waals surface area (Å²) in [6.45, 7) is 0. The molecule has 0 atom stereocenters. The minimum absolute atomic E-state index is 0.194. The van der Waals surface area contributed by atoms with E-state index >= 15 is 0 Å². The van der Waals surface area contributed by atoms with E-state index in [1.165, 1.54) is 11.8 Å². The fourth-order valence-corrected chi connectivity index (χ4v) is 2.23. The molecule has 0 unspecified atom stereocenters. The van der Waals surface area contributed by atoms with E-state index in [9.17, 15) is 0 Å². The monoisotopic (exact) mass is 296 g/mol. The maximum Gasteiger partial charge on any atom is 0.223 e. The summed E-state index contributed by atoms with van der Waals surface area (Å²) < 4.78 is 1.04. The molecule has 0 fully saturated rings. The van der Waals surface area contributed by atoms with Gasteiger partial charge in [-0.1, -0.05) is 27.7 Å². The van der Waals surface area contributed by atoms with Crippen molar-refractivity contribution < 1.29 is 0 Å². The van der Waals surface area contributed by atoms with Crippen molar-refractivity contribution in [3.05, 3.63) is 34.8 Å². The van der Waals surface area contributed by atoms with Crippen LogP contribution in [0.25, 0.3) is 0 Å². The normalized spacial score (nSPS) is 10.3.